The first kappa shape index (κ1) is 21.8. The number of pyridine rings is 1. The van der Waals surface area contributed by atoms with Crippen molar-refractivity contribution in [3.63, 3.8) is 0 Å². The SMILES string of the molecule is Cc1ccc(-n2c(N)c3c(-c4ccccc4Cl)cc(-c4ccc(Br)cc4)nc3nc2=S)cc1. The van der Waals surface area contributed by atoms with Crippen LogP contribution in [0.15, 0.2) is 83.3 Å². The number of nitrogens with two attached hydrogens (primary N) is 1. The Bertz CT molecular complexity index is 1560. The Balaban J connectivity index is 1.87. The van der Waals surface area contributed by atoms with Gasteiger partial charge in [0.15, 0.2) is 5.65 Å². The Morgan fingerprint density at radius 3 is 2.30 bits per heavy atom. The highest BCUT2D eigenvalue weighted by Crippen LogP contribution is 2.38. The zero-order valence-corrected chi connectivity index (χ0v) is 20.7. The van der Waals surface area contributed by atoms with Gasteiger partial charge in [0, 0.05) is 26.3 Å². The van der Waals surface area contributed by atoms with Crippen molar-refractivity contribution in [2.45, 2.75) is 6.92 Å². The summed E-state index contributed by atoms with van der Waals surface area (Å²) in [5.74, 6) is 0.471. The van der Waals surface area contributed by atoms with E-state index in [4.69, 9.17) is 34.5 Å². The molecule has 4 nitrogen and oxygen atoms in total. The molecule has 0 amide bonds. The molecule has 3 aromatic carbocycles. The molecule has 0 unspecified atom stereocenters. The number of fused-ring (bicyclic) bond motifs is 1. The Labute approximate surface area is 209 Å². The molecule has 0 saturated carbocycles. The second-order valence-corrected chi connectivity index (χ2v) is 9.38. The van der Waals surface area contributed by atoms with Crippen LogP contribution in [0.1, 0.15) is 5.56 Å². The number of benzene rings is 3. The highest BCUT2D eigenvalue weighted by molar-refractivity contribution is 9.10. The van der Waals surface area contributed by atoms with Crippen LogP contribution in [0.2, 0.25) is 5.02 Å². The fraction of sp³-hybridized carbons (Fsp3) is 0.0385. The molecule has 0 aliphatic carbocycles. The van der Waals surface area contributed by atoms with Gasteiger partial charge < -0.3 is 5.73 Å². The average molecular weight is 534 g/mol. The molecule has 7 heteroatoms. The Morgan fingerprint density at radius 1 is 0.909 bits per heavy atom. The Hall–Kier alpha value is -3.06. The van der Waals surface area contributed by atoms with Crippen molar-refractivity contribution in [2.75, 3.05) is 5.73 Å². The van der Waals surface area contributed by atoms with E-state index in [2.05, 4.69) is 20.9 Å². The summed E-state index contributed by atoms with van der Waals surface area (Å²) in [6.45, 7) is 2.04. The fourth-order valence-corrected chi connectivity index (χ4v) is 4.62. The van der Waals surface area contributed by atoms with E-state index >= 15 is 0 Å². The largest absolute Gasteiger partial charge is 0.384 e. The third-order valence-corrected chi connectivity index (χ3v) is 6.62. The second kappa shape index (κ2) is 8.71. The first-order valence-electron chi connectivity index (χ1n) is 10.2. The van der Waals surface area contributed by atoms with E-state index in [1.807, 2.05) is 85.8 Å². The molecule has 0 aliphatic rings. The number of hydrogen-bond acceptors (Lipinski definition) is 4. The third-order valence-electron chi connectivity index (χ3n) is 5.49. The van der Waals surface area contributed by atoms with Crippen LogP contribution in [0.3, 0.4) is 0 Å². The second-order valence-electron chi connectivity index (χ2n) is 7.69. The smallest absolute Gasteiger partial charge is 0.207 e. The summed E-state index contributed by atoms with van der Waals surface area (Å²) in [6.07, 6.45) is 0. The molecule has 0 saturated heterocycles. The van der Waals surface area contributed by atoms with Crippen LogP contribution < -0.4 is 5.73 Å². The number of nitrogen functional groups attached to an aromatic ring is 1. The highest BCUT2D eigenvalue weighted by Gasteiger charge is 2.18. The minimum absolute atomic E-state index is 0.342. The Kier molecular flexibility index (Phi) is 5.74. The van der Waals surface area contributed by atoms with Crippen LogP contribution in [0.4, 0.5) is 5.82 Å². The summed E-state index contributed by atoms with van der Waals surface area (Å²) in [6, 6.07) is 25.7. The highest BCUT2D eigenvalue weighted by atomic mass is 79.9. The Morgan fingerprint density at radius 2 is 1.61 bits per heavy atom. The van der Waals surface area contributed by atoms with Gasteiger partial charge in [-0.05, 0) is 61.1 Å². The monoisotopic (exact) mass is 532 g/mol. The van der Waals surface area contributed by atoms with Gasteiger partial charge in [-0.1, -0.05) is 75.6 Å². The zero-order chi connectivity index (χ0) is 23.1. The van der Waals surface area contributed by atoms with E-state index in [1.54, 1.807) is 4.57 Å². The van der Waals surface area contributed by atoms with Gasteiger partial charge in [0.2, 0.25) is 4.77 Å². The molecule has 162 valence electrons. The van der Waals surface area contributed by atoms with Crippen LogP contribution in [-0.2, 0) is 0 Å². The molecule has 0 atom stereocenters. The lowest BCUT2D eigenvalue weighted by Gasteiger charge is -2.17. The lowest BCUT2D eigenvalue weighted by Crippen LogP contribution is -2.09. The molecule has 0 bridgehead atoms. The first-order valence-corrected chi connectivity index (χ1v) is 11.8. The maximum absolute atomic E-state index is 6.75. The van der Waals surface area contributed by atoms with Gasteiger partial charge in [0.05, 0.1) is 11.1 Å². The topological polar surface area (TPSA) is 56.7 Å². The summed E-state index contributed by atoms with van der Waals surface area (Å²) in [5.41, 5.74) is 12.7. The van der Waals surface area contributed by atoms with Crippen molar-refractivity contribution in [1.29, 1.82) is 0 Å². The summed E-state index contributed by atoms with van der Waals surface area (Å²) in [7, 11) is 0. The molecule has 5 rings (SSSR count). The normalized spacial score (nSPS) is 11.1. The van der Waals surface area contributed by atoms with Gasteiger partial charge >= 0.3 is 0 Å². The molecule has 0 radical (unpaired) electrons. The molecule has 0 fully saturated rings. The molecule has 0 spiro atoms. The lowest BCUT2D eigenvalue weighted by atomic mass is 9.99. The molecule has 2 N–H and O–H groups in total. The van der Waals surface area contributed by atoms with Gasteiger partial charge in [-0.3, -0.25) is 4.57 Å². The van der Waals surface area contributed by atoms with Crippen LogP contribution in [0.25, 0.3) is 39.1 Å². The molecule has 5 aromatic rings. The van der Waals surface area contributed by atoms with Crippen molar-refractivity contribution in [3.05, 3.63) is 98.7 Å². The minimum Gasteiger partial charge on any atom is -0.384 e. The first-order chi connectivity index (χ1) is 15.9. The maximum Gasteiger partial charge on any atom is 0.207 e. The molecule has 33 heavy (non-hydrogen) atoms. The number of hydrogen-bond donors (Lipinski definition) is 1. The van der Waals surface area contributed by atoms with E-state index in [-0.39, 0.29) is 0 Å². The van der Waals surface area contributed by atoms with Crippen LogP contribution in [-0.4, -0.2) is 14.5 Å². The number of rotatable bonds is 3. The van der Waals surface area contributed by atoms with Crippen molar-refractivity contribution in [2.24, 2.45) is 0 Å². The standard InChI is InChI=1S/C26H18BrClN4S/c1-15-6-12-18(13-7-15)32-24(29)23-20(19-4-2-3-5-21(19)28)14-22(30-25(23)31-26(32)33)16-8-10-17(27)11-9-16/h2-14H,29H2,1H3. The molecular weight excluding hydrogens is 516 g/mol. The van der Waals surface area contributed by atoms with E-state index in [0.29, 0.717) is 26.6 Å². The molecule has 0 aliphatic heterocycles. The summed E-state index contributed by atoms with van der Waals surface area (Å²) >= 11 is 15.8. The summed E-state index contributed by atoms with van der Waals surface area (Å²) < 4.78 is 3.11. The van der Waals surface area contributed by atoms with Crippen molar-refractivity contribution in [3.8, 4) is 28.1 Å². The molecule has 2 heterocycles. The van der Waals surface area contributed by atoms with Gasteiger partial charge in [0.25, 0.3) is 0 Å². The van der Waals surface area contributed by atoms with Crippen LogP contribution >= 0.6 is 39.7 Å². The predicted octanol–water partition coefficient (Wildman–Crippen LogP) is 7.79. The van der Waals surface area contributed by atoms with Crippen molar-refractivity contribution >= 4 is 56.6 Å². The van der Waals surface area contributed by atoms with E-state index < -0.39 is 0 Å². The number of nitrogens with zero attached hydrogens (tertiary/aromatic N) is 3. The number of halogens is 2. The predicted molar refractivity (Wildman–Crippen MR) is 142 cm³/mol. The molecule has 2 aromatic heterocycles. The van der Waals surface area contributed by atoms with Gasteiger partial charge in [-0.25, -0.2) is 4.98 Å². The van der Waals surface area contributed by atoms with Crippen LogP contribution in [0, 0.1) is 11.7 Å². The average Bonchev–Trinajstić information content (AvgIpc) is 2.80. The van der Waals surface area contributed by atoms with E-state index in [0.717, 1.165) is 38.1 Å². The van der Waals surface area contributed by atoms with Crippen molar-refractivity contribution in [1.82, 2.24) is 14.5 Å². The summed E-state index contributed by atoms with van der Waals surface area (Å²) in [5, 5.41) is 1.33. The van der Waals surface area contributed by atoms with Crippen LogP contribution in [0.5, 0.6) is 0 Å². The maximum atomic E-state index is 6.75. The number of aryl methyl sites for hydroxylation is 1. The van der Waals surface area contributed by atoms with E-state index in [9.17, 15) is 0 Å². The van der Waals surface area contributed by atoms with E-state index in [1.165, 1.54) is 0 Å². The number of aromatic nitrogens is 3. The van der Waals surface area contributed by atoms with Crippen molar-refractivity contribution < 1.29 is 0 Å². The van der Waals surface area contributed by atoms with Gasteiger partial charge in [0.1, 0.15) is 5.82 Å². The lowest BCUT2D eigenvalue weighted by molar-refractivity contribution is 0.986. The third kappa shape index (κ3) is 4.06. The minimum atomic E-state index is 0.342. The fourth-order valence-electron chi connectivity index (χ4n) is 3.82. The quantitative estimate of drug-likeness (QED) is 0.240. The molecular formula is C26H18BrClN4S. The summed E-state index contributed by atoms with van der Waals surface area (Å²) in [4.78, 5) is 9.52. The number of anilines is 1. The van der Waals surface area contributed by atoms with Gasteiger partial charge in [-0.15, -0.1) is 0 Å². The zero-order valence-electron chi connectivity index (χ0n) is 17.6. The van der Waals surface area contributed by atoms with Gasteiger partial charge in [-0.2, -0.15) is 4.98 Å².